The molecule has 1 aromatic rings. The van der Waals surface area contributed by atoms with Crippen LogP contribution in [-0.4, -0.2) is 49.4 Å². The summed E-state index contributed by atoms with van der Waals surface area (Å²) < 4.78 is 27.0. The maximum absolute atomic E-state index is 12.7. The Balaban J connectivity index is 1.79. The van der Waals surface area contributed by atoms with Crippen molar-refractivity contribution >= 4 is 21.8 Å². The van der Waals surface area contributed by atoms with Gasteiger partial charge in [0.15, 0.2) is 0 Å². The van der Waals surface area contributed by atoms with Gasteiger partial charge in [-0.05, 0) is 25.5 Å². The molecule has 20 heavy (non-hydrogen) atoms. The van der Waals surface area contributed by atoms with Crippen LogP contribution < -0.4 is 5.32 Å². The van der Waals surface area contributed by atoms with Gasteiger partial charge in [-0.15, -0.1) is 0 Å². The minimum absolute atomic E-state index is 0.387. The summed E-state index contributed by atoms with van der Waals surface area (Å²) in [5.74, 6) is 1.07. The molecular weight excluding hydrogens is 292 g/mol. The second kappa shape index (κ2) is 5.67. The Morgan fingerprint density at radius 1 is 1.30 bits per heavy atom. The van der Waals surface area contributed by atoms with Crippen LogP contribution in [0.4, 0.5) is 0 Å². The number of nitrogens with one attached hydrogen (secondary N) is 1. The van der Waals surface area contributed by atoms with Crippen molar-refractivity contribution in [3.8, 4) is 0 Å². The van der Waals surface area contributed by atoms with E-state index < -0.39 is 10.0 Å². The van der Waals surface area contributed by atoms with E-state index >= 15 is 0 Å². The van der Waals surface area contributed by atoms with Crippen LogP contribution in [-0.2, 0) is 10.0 Å². The molecule has 0 bridgehead atoms. The van der Waals surface area contributed by atoms with E-state index in [1.54, 1.807) is 16.4 Å². The number of benzene rings is 1. The number of aryl methyl sites for hydroxylation is 1. The second-order valence-corrected chi connectivity index (χ2v) is 8.72. The van der Waals surface area contributed by atoms with Gasteiger partial charge in [-0.2, -0.15) is 16.1 Å². The predicted molar refractivity (Wildman–Crippen MR) is 82.6 cm³/mol. The highest BCUT2D eigenvalue weighted by Crippen LogP contribution is 2.29. The molecule has 110 valence electrons. The summed E-state index contributed by atoms with van der Waals surface area (Å²) in [4.78, 5) is 0.412. The Kier molecular flexibility index (Phi) is 4.08. The minimum atomic E-state index is -3.34. The van der Waals surface area contributed by atoms with E-state index in [2.05, 4.69) is 5.32 Å². The molecule has 3 rings (SSSR count). The molecule has 2 heterocycles. The largest absolute Gasteiger partial charge is 0.312 e. The van der Waals surface area contributed by atoms with E-state index in [1.165, 1.54) is 0 Å². The zero-order chi connectivity index (χ0) is 14.2. The van der Waals surface area contributed by atoms with Crippen molar-refractivity contribution in [2.75, 3.05) is 25.4 Å². The van der Waals surface area contributed by atoms with Crippen molar-refractivity contribution in [3.05, 3.63) is 29.8 Å². The Hall–Kier alpha value is -0.560. The molecule has 0 aromatic heterocycles. The first-order valence-corrected chi connectivity index (χ1v) is 9.48. The molecule has 1 N–H and O–H groups in total. The highest BCUT2D eigenvalue weighted by molar-refractivity contribution is 8.00. The van der Waals surface area contributed by atoms with E-state index in [0.29, 0.717) is 29.3 Å². The van der Waals surface area contributed by atoms with Crippen molar-refractivity contribution in [1.29, 1.82) is 0 Å². The average molecular weight is 312 g/mol. The number of nitrogens with zero attached hydrogens (tertiary/aromatic N) is 1. The van der Waals surface area contributed by atoms with Crippen molar-refractivity contribution < 1.29 is 8.42 Å². The van der Waals surface area contributed by atoms with Gasteiger partial charge in [-0.3, -0.25) is 0 Å². The van der Waals surface area contributed by atoms with Crippen LogP contribution in [0.2, 0.25) is 0 Å². The maximum Gasteiger partial charge on any atom is 0.243 e. The lowest BCUT2D eigenvalue weighted by molar-refractivity contribution is 0.296. The van der Waals surface area contributed by atoms with Gasteiger partial charge in [0.2, 0.25) is 10.0 Å². The number of piperidine rings is 1. The zero-order valence-electron chi connectivity index (χ0n) is 11.6. The summed E-state index contributed by atoms with van der Waals surface area (Å²) in [5, 5.41) is 3.88. The van der Waals surface area contributed by atoms with Gasteiger partial charge < -0.3 is 5.32 Å². The Labute approximate surface area is 125 Å². The smallest absolute Gasteiger partial charge is 0.243 e. The molecule has 2 aliphatic heterocycles. The fraction of sp³-hybridized carbons (Fsp3) is 0.571. The number of rotatable bonds is 2. The lowest BCUT2D eigenvalue weighted by atomic mass is 10.1. The molecule has 0 amide bonds. The van der Waals surface area contributed by atoms with Crippen molar-refractivity contribution in [3.63, 3.8) is 0 Å². The Morgan fingerprint density at radius 3 is 2.80 bits per heavy atom. The lowest BCUT2D eigenvalue weighted by Crippen LogP contribution is -2.55. The van der Waals surface area contributed by atoms with Crippen LogP contribution in [0, 0.1) is 6.92 Å². The molecule has 2 saturated heterocycles. The van der Waals surface area contributed by atoms with Gasteiger partial charge in [-0.1, -0.05) is 17.7 Å². The highest BCUT2D eigenvalue weighted by Gasteiger charge is 2.36. The zero-order valence-corrected chi connectivity index (χ0v) is 13.2. The SMILES string of the molecule is Cc1ccc(S(=O)(=O)N2CC[C@H]3NCCS[C@@H]3C2)cc1. The molecule has 0 unspecified atom stereocenters. The molecule has 1 aromatic carbocycles. The number of sulfonamides is 1. The molecule has 2 fully saturated rings. The van der Waals surface area contributed by atoms with E-state index in [-0.39, 0.29) is 0 Å². The first-order valence-electron chi connectivity index (χ1n) is 6.99. The summed E-state index contributed by atoms with van der Waals surface area (Å²) in [6, 6.07) is 7.61. The van der Waals surface area contributed by atoms with Crippen LogP contribution in [0.3, 0.4) is 0 Å². The molecule has 2 aliphatic rings. The second-order valence-electron chi connectivity index (χ2n) is 5.43. The Morgan fingerprint density at radius 2 is 2.05 bits per heavy atom. The van der Waals surface area contributed by atoms with Crippen molar-refractivity contribution in [2.24, 2.45) is 0 Å². The van der Waals surface area contributed by atoms with Gasteiger partial charge in [0.05, 0.1) is 4.90 Å². The molecule has 0 spiro atoms. The Bertz CT molecular complexity index is 571. The predicted octanol–water partition coefficient (Wildman–Crippen LogP) is 1.46. The highest BCUT2D eigenvalue weighted by atomic mass is 32.2. The van der Waals surface area contributed by atoms with Crippen LogP contribution in [0.1, 0.15) is 12.0 Å². The van der Waals surface area contributed by atoms with Crippen molar-refractivity contribution in [2.45, 2.75) is 29.5 Å². The van der Waals surface area contributed by atoms with Crippen LogP contribution in [0.5, 0.6) is 0 Å². The van der Waals surface area contributed by atoms with Crippen LogP contribution in [0.15, 0.2) is 29.2 Å². The summed E-state index contributed by atoms with van der Waals surface area (Å²) in [6.45, 7) is 4.24. The standard InChI is InChI=1S/C14H20N2O2S2/c1-11-2-4-12(5-3-11)20(17,18)16-8-6-13-14(10-16)19-9-7-15-13/h2-5,13-15H,6-10H2,1H3/t13-,14-/m1/s1. The fourth-order valence-corrected chi connectivity index (χ4v) is 5.69. The van der Waals surface area contributed by atoms with Crippen molar-refractivity contribution in [1.82, 2.24) is 9.62 Å². The van der Waals surface area contributed by atoms with Crippen LogP contribution >= 0.6 is 11.8 Å². The molecule has 0 saturated carbocycles. The van der Waals surface area contributed by atoms with E-state index in [9.17, 15) is 8.42 Å². The molecule has 0 radical (unpaired) electrons. The van der Waals surface area contributed by atoms with Gasteiger partial charge in [0.1, 0.15) is 0 Å². The first-order chi connectivity index (χ1) is 9.57. The third-order valence-corrected chi connectivity index (χ3v) is 7.25. The minimum Gasteiger partial charge on any atom is -0.312 e. The van der Waals surface area contributed by atoms with E-state index in [0.717, 1.165) is 24.3 Å². The number of hydrogen-bond donors (Lipinski definition) is 1. The average Bonchev–Trinajstić information content (AvgIpc) is 2.47. The first kappa shape index (κ1) is 14.4. The quantitative estimate of drug-likeness (QED) is 0.898. The topological polar surface area (TPSA) is 49.4 Å². The molecular formula is C14H20N2O2S2. The molecule has 4 nitrogen and oxygen atoms in total. The maximum atomic E-state index is 12.7. The third kappa shape index (κ3) is 2.74. The molecule has 6 heteroatoms. The number of fused-ring (bicyclic) bond motifs is 1. The summed E-state index contributed by atoms with van der Waals surface area (Å²) in [6.07, 6.45) is 0.906. The number of thioether (sulfide) groups is 1. The van der Waals surface area contributed by atoms with Crippen LogP contribution in [0.25, 0.3) is 0 Å². The fourth-order valence-electron chi connectivity index (χ4n) is 2.82. The van der Waals surface area contributed by atoms with Gasteiger partial charge in [0, 0.05) is 36.7 Å². The third-order valence-electron chi connectivity index (χ3n) is 4.02. The number of hydrogen-bond acceptors (Lipinski definition) is 4. The van der Waals surface area contributed by atoms with Gasteiger partial charge in [-0.25, -0.2) is 8.42 Å². The monoisotopic (exact) mass is 312 g/mol. The summed E-state index contributed by atoms with van der Waals surface area (Å²) in [7, 11) is -3.34. The molecule has 2 atom stereocenters. The van der Waals surface area contributed by atoms with Gasteiger partial charge in [0.25, 0.3) is 0 Å². The summed E-state index contributed by atoms with van der Waals surface area (Å²) in [5.41, 5.74) is 1.08. The normalized spacial score (nSPS) is 28.1. The van der Waals surface area contributed by atoms with Gasteiger partial charge >= 0.3 is 0 Å². The molecule has 0 aliphatic carbocycles. The van der Waals surface area contributed by atoms with E-state index in [4.69, 9.17) is 0 Å². The lowest BCUT2D eigenvalue weighted by Gasteiger charge is -2.40. The van der Waals surface area contributed by atoms with E-state index in [1.807, 2.05) is 30.8 Å². The summed E-state index contributed by atoms with van der Waals surface area (Å²) >= 11 is 1.90.